The standard InChI is InChI=1S/C25H29F2N3O5/c1-30(2)12-24(33)29-16-4-6-21-18(8-16)19-9-17(34-22(13-31)25(19)35-21)10-23(32)28-11-14-7-15(26)3-5-20(14)27/h3-8,17,19,22,25,31H,9-13H2,1-2H3,(H,28,32)(H,29,33)/t17-,19+,22+,25-/m1/s1. The number of hydrogen-bond donors (Lipinski definition) is 3. The lowest BCUT2D eigenvalue weighted by Gasteiger charge is -2.37. The summed E-state index contributed by atoms with van der Waals surface area (Å²) in [5.74, 6) is -1.19. The maximum atomic E-state index is 13.8. The van der Waals surface area contributed by atoms with Crippen molar-refractivity contribution in [3.8, 4) is 5.75 Å². The number of aliphatic hydroxyl groups excluding tert-OH is 1. The minimum absolute atomic E-state index is 0.00868. The van der Waals surface area contributed by atoms with Gasteiger partial charge in [-0.3, -0.25) is 9.59 Å². The molecule has 188 valence electrons. The minimum atomic E-state index is -0.633. The van der Waals surface area contributed by atoms with Crippen LogP contribution in [0.5, 0.6) is 5.75 Å². The number of anilines is 1. The van der Waals surface area contributed by atoms with E-state index in [1.165, 1.54) is 0 Å². The summed E-state index contributed by atoms with van der Waals surface area (Å²) in [6.07, 6.45) is -1.10. The number of aliphatic hydroxyl groups is 1. The van der Waals surface area contributed by atoms with Gasteiger partial charge in [0.05, 0.1) is 25.7 Å². The topological polar surface area (TPSA) is 100 Å². The van der Waals surface area contributed by atoms with Crippen LogP contribution in [0.2, 0.25) is 0 Å². The molecule has 2 aliphatic heterocycles. The number of benzene rings is 2. The largest absolute Gasteiger partial charge is 0.487 e. The zero-order valence-electron chi connectivity index (χ0n) is 19.6. The first-order valence-corrected chi connectivity index (χ1v) is 11.5. The Bertz CT molecular complexity index is 1100. The highest BCUT2D eigenvalue weighted by Gasteiger charge is 2.46. The number of halogens is 2. The van der Waals surface area contributed by atoms with Gasteiger partial charge in [0.25, 0.3) is 0 Å². The van der Waals surface area contributed by atoms with Gasteiger partial charge < -0.3 is 30.1 Å². The number of nitrogens with zero attached hydrogens (tertiary/aromatic N) is 1. The van der Waals surface area contributed by atoms with Crippen molar-refractivity contribution in [3.63, 3.8) is 0 Å². The molecule has 0 aromatic heterocycles. The van der Waals surface area contributed by atoms with Crippen molar-refractivity contribution < 1.29 is 33.0 Å². The summed E-state index contributed by atoms with van der Waals surface area (Å²) in [7, 11) is 3.62. The van der Waals surface area contributed by atoms with Crippen molar-refractivity contribution >= 4 is 17.5 Å². The van der Waals surface area contributed by atoms with E-state index in [-0.39, 0.29) is 49.4 Å². The third-order valence-electron chi connectivity index (χ3n) is 6.14. The van der Waals surface area contributed by atoms with Gasteiger partial charge >= 0.3 is 0 Å². The SMILES string of the molecule is CN(C)CC(=O)Nc1ccc2c(c1)[C@@H]1C[C@H](CC(=O)NCc3cc(F)ccc3F)O[C@@H](CO)[C@@H]1O2. The minimum Gasteiger partial charge on any atom is -0.487 e. The average Bonchev–Trinajstić information content (AvgIpc) is 3.16. The molecule has 0 radical (unpaired) electrons. The number of rotatable bonds is 8. The zero-order chi connectivity index (χ0) is 25.1. The first-order chi connectivity index (χ1) is 16.7. The van der Waals surface area contributed by atoms with Crippen molar-refractivity contribution in [2.45, 2.75) is 43.6 Å². The molecule has 0 spiro atoms. The van der Waals surface area contributed by atoms with E-state index in [1.807, 2.05) is 20.2 Å². The fraction of sp³-hybridized carbons (Fsp3) is 0.440. The van der Waals surface area contributed by atoms with Crippen LogP contribution in [0.4, 0.5) is 14.5 Å². The van der Waals surface area contributed by atoms with E-state index in [0.717, 1.165) is 23.8 Å². The van der Waals surface area contributed by atoms with Crippen molar-refractivity contribution in [1.29, 1.82) is 0 Å². The summed E-state index contributed by atoms with van der Waals surface area (Å²) in [6.45, 7) is -0.183. The second-order valence-electron chi connectivity index (χ2n) is 9.16. The van der Waals surface area contributed by atoms with E-state index in [4.69, 9.17) is 9.47 Å². The van der Waals surface area contributed by atoms with Crippen LogP contribution in [0.3, 0.4) is 0 Å². The van der Waals surface area contributed by atoms with Gasteiger partial charge in [0.15, 0.2) is 0 Å². The fourth-order valence-corrected chi connectivity index (χ4v) is 4.61. The summed E-state index contributed by atoms with van der Waals surface area (Å²) in [6, 6.07) is 8.47. The monoisotopic (exact) mass is 489 g/mol. The molecule has 0 saturated carbocycles. The van der Waals surface area contributed by atoms with Crippen LogP contribution in [-0.4, -0.2) is 67.4 Å². The first kappa shape index (κ1) is 25.0. The molecule has 1 fully saturated rings. The van der Waals surface area contributed by atoms with Gasteiger partial charge in [-0.25, -0.2) is 8.78 Å². The first-order valence-electron chi connectivity index (χ1n) is 11.5. The number of amides is 2. The van der Waals surface area contributed by atoms with Gasteiger partial charge in [0.1, 0.15) is 29.6 Å². The van der Waals surface area contributed by atoms with Crippen molar-refractivity contribution in [2.75, 3.05) is 32.6 Å². The molecule has 1 saturated heterocycles. The quantitative estimate of drug-likeness (QED) is 0.526. The number of likely N-dealkylation sites (N-methyl/N-ethyl adjacent to an activating group) is 1. The molecule has 8 nitrogen and oxygen atoms in total. The van der Waals surface area contributed by atoms with Crippen LogP contribution in [0, 0.1) is 11.6 Å². The highest BCUT2D eigenvalue weighted by molar-refractivity contribution is 5.92. The van der Waals surface area contributed by atoms with Crippen LogP contribution >= 0.6 is 0 Å². The number of fused-ring (bicyclic) bond motifs is 3. The van der Waals surface area contributed by atoms with Crippen LogP contribution < -0.4 is 15.4 Å². The van der Waals surface area contributed by atoms with Crippen molar-refractivity contribution in [1.82, 2.24) is 10.2 Å². The van der Waals surface area contributed by atoms with E-state index in [2.05, 4.69) is 10.6 Å². The molecule has 2 heterocycles. The van der Waals surface area contributed by atoms with Crippen LogP contribution in [-0.2, 0) is 20.9 Å². The van der Waals surface area contributed by atoms with E-state index in [0.29, 0.717) is 17.9 Å². The maximum absolute atomic E-state index is 13.8. The molecule has 2 aromatic carbocycles. The second kappa shape index (κ2) is 10.7. The van der Waals surface area contributed by atoms with E-state index in [1.54, 1.807) is 17.0 Å². The average molecular weight is 490 g/mol. The highest BCUT2D eigenvalue weighted by atomic mass is 19.1. The molecule has 4 rings (SSSR count). The molecule has 2 amide bonds. The number of hydrogen-bond acceptors (Lipinski definition) is 6. The molecule has 0 bridgehead atoms. The van der Waals surface area contributed by atoms with Crippen molar-refractivity contribution in [2.24, 2.45) is 0 Å². The normalized spacial score (nSPS) is 22.8. The molecule has 2 aromatic rings. The second-order valence-corrected chi connectivity index (χ2v) is 9.16. The van der Waals surface area contributed by atoms with Gasteiger partial charge in [-0.05, 0) is 56.9 Å². The Morgan fingerprint density at radius 1 is 1.14 bits per heavy atom. The van der Waals surface area contributed by atoms with Crippen LogP contribution in [0.25, 0.3) is 0 Å². The molecular weight excluding hydrogens is 460 g/mol. The fourth-order valence-electron chi connectivity index (χ4n) is 4.61. The Hall–Kier alpha value is -3.08. The zero-order valence-corrected chi connectivity index (χ0v) is 19.6. The predicted octanol–water partition coefficient (Wildman–Crippen LogP) is 2.17. The van der Waals surface area contributed by atoms with Crippen molar-refractivity contribution in [3.05, 3.63) is 59.2 Å². The molecule has 0 unspecified atom stereocenters. The van der Waals surface area contributed by atoms with E-state index in [9.17, 15) is 23.5 Å². The summed E-state index contributed by atoms with van der Waals surface area (Å²) < 4.78 is 39.2. The van der Waals surface area contributed by atoms with Crippen LogP contribution in [0.15, 0.2) is 36.4 Å². The molecule has 35 heavy (non-hydrogen) atoms. The van der Waals surface area contributed by atoms with Crippen LogP contribution in [0.1, 0.15) is 29.9 Å². The summed E-state index contributed by atoms with van der Waals surface area (Å²) >= 11 is 0. The molecule has 3 N–H and O–H groups in total. The van der Waals surface area contributed by atoms with Gasteiger partial charge in [0, 0.05) is 29.3 Å². The van der Waals surface area contributed by atoms with Gasteiger partial charge in [0.2, 0.25) is 11.8 Å². The summed E-state index contributed by atoms with van der Waals surface area (Å²) in [5.41, 5.74) is 1.57. The summed E-state index contributed by atoms with van der Waals surface area (Å²) in [5, 5.41) is 15.4. The molecule has 4 atom stereocenters. The molecular formula is C25H29F2N3O5. The van der Waals surface area contributed by atoms with E-state index < -0.39 is 29.9 Å². The third kappa shape index (κ3) is 5.95. The number of carbonyl (C=O) groups is 2. The Balaban J connectivity index is 1.42. The number of nitrogens with one attached hydrogen (secondary N) is 2. The highest BCUT2D eigenvalue weighted by Crippen LogP contribution is 2.47. The lowest BCUT2D eigenvalue weighted by atomic mass is 9.84. The molecule has 0 aliphatic carbocycles. The Kier molecular flexibility index (Phi) is 7.63. The van der Waals surface area contributed by atoms with Gasteiger partial charge in [-0.15, -0.1) is 0 Å². The number of carbonyl (C=O) groups excluding carboxylic acids is 2. The lowest BCUT2D eigenvalue weighted by Crippen LogP contribution is -2.47. The van der Waals surface area contributed by atoms with E-state index >= 15 is 0 Å². The smallest absolute Gasteiger partial charge is 0.238 e. The Labute approximate surface area is 202 Å². The number of ether oxygens (including phenoxy) is 2. The maximum Gasteiger partial charge on any atom is 0.238 e. The third-order valence-corrected chi connectivity index (χ3v) is 6.14. The Morgan fingerprint density at radius 3 is 2.69 bits per heavy atom. The predicted molar refractivity (Wildman–Crippen MR) is 124 cm³/mol. The van der Waals surface area contributed by atoms with Gasteiger partial charge in [-0.2, -0.15) is 0 Å². The lowest BCUT2D eigenvalue weighted by molar-refractivity contribution is -0.142. The Morgan fingerprint density at radius 2 is 1.94 bits per heavy atom. The van der Waals surface area contributed by atoms with Gasteiger partial charge in [-0.1, -0.05) is 0 Å². The molecule has 10 heteroatoms. The molecule has 2 aliphatic rings. The summed E-state index contributed by atoms with van der Waals surface area (Å²) in [4.78, 5) is 26.4.